The summed E-state index contributed by atoms with van der Waals surface area (Å²) in [5, 5.41) is 3.00. The summed E-state index contributed by atoms with van der Waals surface area (Å²) in [4.78, 5) is 22.7. The second-order valence-corrected chi connectivity index (χ2v) is 5.01. The maximum Gasteiger partial charge on any atom is 0.305 e. The maximum atomic E-state index is 11.8. The van der Waals surface area contributed by atoms with Gasteiger partial charge in [-0.2, -0.15) is 0 Å². The summed E-state index contributed by atoms with van der Waals surface area (Å²) in [6.07, 6.45) is 8.97. The molecule has 0 aromatic rings. The van der Waals surface area contributed by atoms with Gasteiger partial charge >= 0.3 is 5.97 Å². The predicted molar refractivity (Wildman–Crippen MR) is 70.1 cm³/mol. The van der Waals surface area contributed by atoms with Crippen LogP contribution in [0.25, 0.3) is 0 Å². The summed E-state index contributed by atoms with van der Waals surface area (Å²) < 4.78 is 4.57. The minimum absolute atomic E-state index is 0.152. The molecule has 1 aliphatic rings. The molecule has 0 bridgehead atoms. The van der Waals surface area contributed by atoms with Crippen LogP contribution in [0.2, 0.25) is 0 Å². The van der Waals surface area contributed by atoms with Crippen molar-refractivity contribution in [2.24, 2.45) is 5.92 Å². The molecule has 0 atom stereocenters. The average molecular weight is 255 g/mol. The highest BCUT2D eigenvalue weighted by Gasteiger charge is 2.20. The Hall–Kier alpha value is -1.06. The highest BCUT2D eigenvalue weighted by Crippen LogP contribution is 2.23. The lowest BCUT2D eigenvalue weighted by molar-refractivity contribution is -0.140. The molecule has 18 heavy (non-hydrogen) atoms. The number of hydrogen-bond acceptors (Lipinski definition) is 3. The molecule has 4 heteroatoms. The van der Waals surface area contributed by atoms with Gasteiger partial charge < -0.3 is 10.1 Å². The van der Waals surface area contributed by atoms with Crippen LogP contribution in [0.3, 0.4) is 0 Å². The van der Waals surface area contributed by atoms with Crippen molar-refractivity contribution in [3.63, 3.8) is 0 Å². The lowest BCUT2D eigenvalue weighted by Gasteiger charge is -2.20. The first-order valence-corrected chi connectivity index (χ1v) is 7.08. The molecule has 0 aromatic carbocycles. The van der Waals surface area contributed by atoms with Crippen molar-refractivity contribution in [2.75, 3.05) is 13.7 Å². The lowest BCUT2D eigenvalue weighted by atomic mass is 9.89. The maximum absolute atomic E-state index is 11.8. The minimum atomic E-state index is -0.152. The molecule has 1 rings (SSSR count). The van der Waals surface area contributed by atoms with Crippen LogP contribution in [-0.4, -0.2) is 25.5 Å². The summed E-state index contributed by atoms with van der Waals surface area (Å²) in [6.45, 7) is 0.733. The van der Waals surface area contributed by atoms with E-state index in [1.54, 1.807) is 0 Å². The van der Waals surface area contributed by atoms with Gasteiger partial charge in [-0.25, -0.2) is 0 Å². The van der Waals surface area contributed by atoms with E-state index in [0.29, 0.717) is 6.42 Å². The van der Waals surface area contributed by atoms with Gasteiger partial charge in [0.1, 0.15) is 0 Å². The first kappa shape index (κ1) is 15.0. The van der Waals surface area contributed by atoms with E-state index in [1.165, 1.54) is 26.4 Å². The number of ether oxygens (including phenoxy) is 1. The van der Waals surface area contributed by atoms with Crippen molar-refractivity contribution in [2.45, 2.75) is 57.8 Å². The van der Waals surface area contributed by atoms with Crippen LogP contribution in [0.5, 0.6) is 0 Å². The minimum Gasteiger partial charge on any atom is -0.469 e. The Morgan fingerprint density at radius 2 is 1.83 bits per heavy atom. The Bertz CT molecular complexity index is 260. The Morgan fingerprint density at radius 3 is 2.50 bits per heavy atom. The summed E-state index contributed by atoms with van der Waals surface area (Å²) in [5.41, 5.74) is 0. The summed E-state index contributed by atoms with van der Waals surface area (Å²) >= 11 is 0. The smallest absolute Gasteiger partial charge is 0.305 e. The number of esters is 1. The number of unbranched alkanes of at least 4 members (excludes halogenated alkanes) is 2. The van der Waals surface area contributed by atoms with Gasteiger partial charge in [-0.3, -0.25) is 9.59 Å². The second kappa shape index (κ2) is 8.95. The van der Waals surface area contributed by atoms with Crippen molar-refractivity contribution in [1.82, 2.24) is 5.32 Å². The normalized spacial score (nSPS) is 16.3. The molecule has 0 radical (unpaired) electrons. The van der Waals surface area contributed by atoms with E-state index >= 15 is 0 Å². The molecule has 1 aliphatic carbocycles. The van der Waals surface area contributed by atoms with E-state index in [1.807, 2.05) is 0 Å². The monoisotopic (exact) mass is 255 g/mol. The number of carbonyl (C=O) groups is 2. The third-order valence-electron chi connectivity index (χ3n) is 3.56. The first-order chi connectivity index (χ1) is 8.74. The zero-order valence-electron chi connectivity index (χ0n) is 11.4. The Labute approximate surface area is 109 Å². The van der Waals surface area contributed by atoms with Gasteiger partial charge in [0.2, 0.25) is 5.91 Å². The van der Waals surface area contributed by atoms with Crippen LogP contribution in [0, 0.1) is 5.92 Å². The van der Waals surface area contributed by atoms with E-state index in [2.05, 4.69) is 10.1 Å². The third-order valence-corrected chi connectivity index (χ3v) is 3.56. The van der Waals surface area contributed by atoms with Crippen LogP contribution in [0.15, 0.2) is 0 Å². The van der Waals surface area contributed by atoms with Gasteiger partial charge in [0, 0.05) is 18.9 Å². The number of rotatable bonds is 7. The third kappa shape index (κ3) is 6.03. The van der Waals surface area contributed by atoms with E-state index < -0.39 is 0 Å². The van der Waals surface area contributed by atoms with Gasteiger partial charge in [-0.15, -0.1) is 0 Å². The first-order valence-electron chi connectivity index (χ1n) is 7.08. The summed E-state index contributed by atoms with van der Waals surface area (Å²) in [5.74, 6) is 0.317. The SMILES string of the molecule is COC(=O)CCCCCNC(=O)C1CCCCC1. The lowest BCUT2D eigenvalue weighted by Crippen LogP contribution is -2.32. The van der Waals surface area contributed by atoms with Crippen LogP contribution >= 0.6 is 0 Å². The van der Waals surface area contributed by atoms with Gasteiger partial charge in [0.05, 0.1) is 7.11 Å². The Kier molecular flexibility index (Phi) is 7.46. The zero-order valence-corrected chi connectivity index (χ0v) is 11.4. The Balaban J connectivity index is 1.96. The molecular formula is C14H25NO3. The molecule has 1 N–H and O–H groups in total. The molecule has 1 amide bonds. The highest BCUT2D eigenvalue weighted by atomic mass is 16.5. The molecule has 0 heterocycles. The van der Waals surface area contributed by atoms with Crippen LogP contribution in [0.4, 0.5) is 0 Å². The largest absolute Gasteiger partial charge is 0.469 e. The van der Waals surface area contributed by atoms with E-state index in [0.717, 1.165) is 38.6 Å². The molecule has 0 aromatic heterocycles. The fraction of sp³-hybridized carbons (Fsp3) is 0.857. The molecule has 4 nitrogen and oxygen atoms in total. The number of methoxy groups -OCH3 is 1. The number of hydrogen-bond donors (Lipinski definition) is 1. The number of amides is 1. The molecule has 0 spiro atoms. The van der Waals surface area contributed by atoms with E-state index in [4.69, 9.17) is 0 Å². The zero-order chi connectivity index (χ0) is 13.2. The van der Waals surface area contributed by atoms with Crippen LogP contribution < -0.4 is 5.32 Å². The fourth-order valence-electron chi connectivity index (χ4n) is 2.39. The van der Waals surface area contributed by atoms with Crippen molar-refractivity contribution in [3.8, 4) is 0 Å². The standard InChI is InChI=1S/C14H25NO3/c1-18-13(16)10-6-3-7-11-15-14(17)12-8-4-2-5-9-12/h12H,2-11H2,1H3,(H,15,17). The number of carbonyl (C=O) groups excluding carboxylic acids is 2. The van der Waals surface area contributed by atoms with Gasteiger partial charge in [-0.1, -0.05) is 25.7 Å². The highest BCUT2D eigenvalue weighted by molar-refractivity contribution is 5.78. The fourth-order valence-corrected chi connectivity index (χ4v) is 2.39. The average Bonchev–Trinajstić information content (AvgIpc) is 2.43. The summed E-state index contributed by atoms with van der Waals surface area (Å²) in [6, 6.07) is 0. The topological polar surface area (TPSA) is 55.4 Å². The molecule has 104 valence electrons. The Morgan fingerprint density at radius 1 is 1.11 bits per heavy atom. The summed E-state index contributed by atoms with van der Waals surface area (Å²) in [7, 11) is 1.41. The second-order valence-electron chi connectivity index (χ2n) is 5.01. The molecule has 0 unspecified atom stereocenters. The number of nitrogens with one attached hydrogen (secondary N) is 1. The van der Waals surface area contributed by atoms with E-state index in [-0.39, 0.29) is 17.8 Å². The predicted octanol–water partition coefficient (Wildman–Crippen LogP) is 2.42. The molecule has 0 saturated heterocycles. The van der Waals surface area contributed by atoms with Crippen LogP contribution in [0.1, 0.15) is 57.8 Å². The van der Waals surface area contributed by atoms with Crippen molar-refractivity contribution in [3.05, 3.63) is 0 Å². The van der Waals surface area contributed by atoms with Crippen molar-refractivity contribution in [1.29, 1.82) is 0 Å². The van der Waals surface area contributed by atoms with Gasteiger partial charge in [-0.05, 0) is 25.7 Å². The van der Waals surface area contributed by atoms with E-state index in [9.17, 15) is 9.59 Å². The van der Waals surface area contributed by atoms with Gasteiger partial charge in [0.25, 0.3) is 0 Å². The van der Waals surface area contributed by atoms with Crippen LogP contribution in [-0.2, 0) is 14.3 Å². The quantitative estimate of drug-likeness (QED) is 0.561. The van der Waals surface area contributed by atoms with Crippen molar-refractivity contribution < 1.29 is 14.3 Å². The molecule has 0 aliphatic heterocycles. The molecular weight excluding hydrogens is 230 g/mol. The van der Waals surface area contributed by atoms with Gasteiger partial charge in [0.15, 0.2) is 0 Å². The molecule has 1 fully saturated rings. The van der Waals surface area contributed by atoms with Crippen molar-refractivity contribution >= 4 is 11.9 Å². The molecule has 1 saturated carbocycles.